The lowest BCUT2D eigenvalue weighted by atomic mass is 9.85. The van der Waals surface area contributed by atoms with Gasteiger partial charge < -0.3 is 14.1 Å². The maximum atomic E-state index is 13.6. The van der Waals surface area contributed by atoms with E-state index in [4.69, 9.17) is 9.15 Å². The zero-order valence-corrected chi connectivity index (χ0v) is 13.4. The summed E-state index contributed by atoms with van der Waals surface area (Å²) < 4.78 is 38.0. The van der Waals surface area contributed by atoms with Crippen molar-refractivity contribution in [2.45, 2.75) is 57.1 Å². The molecule has 2 heterocycles. The van der Waals surface area contributed by atoms with Crippen molar-refractivity contribution < 1.29 is 22.7 Å². The van der Waals surface area contributed by atoms with E-state index in [9.17, 15) is 13.6 Å². The van der Waals surface area contributed by atoms with E-state index in [1.807, 2.05) is 12.1 Å². The lowest BCUT2D eigenvalue weighted by Gasteiger charge is -2.32. The van der Waals surface area contributed by atoms with Crippen LogP contribution in [0.25, 0.3) is 0 Å². The number of rotatable bonds is 4. The van der Waals surface area contributed by atoms with Gasteiger partial charge in [0.25, 0.3) is 0 Å². The van der Waals surface area contributed by atoms with Crippen LogP contribution in [-0.2, 0) is 16.1 Å². The minimum absolute atomic E-state index is 0.0984. The molecule has 1 aromatic rings. The number of amides is 1. The molecule has 1 amide bonds. The van der Waals surface area contributed by atoms with Gasteiger partial charge in [0.1, 0.15) is 18.1 Å². The second kappa shape index (κ2) is 6.59. The number of hydrogen-bond acceptors (Lipinski definition) is 3. The van der Waals surface area contributed by atoms with Crippen LogP contribution in [0.1, 0.15) is 56.1 Å². The predicted molar refractivity (Wildman–Crippen MR) is 80.0 cm³/mol. The van der Waals surface area contributed by atoms with Crippen LogP contribution in [0.3, 0.4) is 0 Å². The van der Waals surface area contributed by atoms with Crippen molar-refractivity contribution in [3.8, 4) is 0 Å². The maximum Gasteiger partial charge on any atom is 0.248 e. The topological polar surface area (TPSA) is 42.7 Å². The quantitative estimate of drug-likeness (QED) is 0.842. The van der Waals surface area contributed by atoms with E-state index in [0.717, 1.165) is 18.6 Å². The second-order valence-corrected chi connectivity index (χ2v) is 6.58. The van der Waals surface area contributed by atoms with Crippen molar-refractivity contribution in [3.63, 3.8) is 0 Å². The van der Waals surface area contributed by atoms with Crippen molar-refractivity contribution in [1.29, 1.82) is 0 Å². The fraction of sp³-hybridized carbons (Fsp3) is 0.706. The molecule has 0 bridgehead atoms. The molecule has 1 saturated carbocycles. The maximum absolute atomic E-state index is 13.6. The molecule has 2 atom stereocenters. The summed E-state index contributed by atoms with van der Waals surface area (Å²) in [5.74, 6) is -1.97. The van der Waals surface area contributed by atoms with Gasteiger partial charge in [-0.1, -0.05) is 0 Å². The molecule has 1 aromatic heterocycles. The number of carbonyl (C=O) groups excluding carboxylic acids is 1. The Kier molecular flexibility index (Phi) is 4.71. The summed E-state index contributed by atoms with van der Waals surface area (Å²) in [6, 6.07) is 3.57. The van der Waals surface area contributed by atoms with Crippen LogP contribution in [0.5, 0.6) is 0 Å². The monoisotopic (exact) mass is 327 g/mol. The molecule has 1 saturated heterocycles. The van der Waals surface area contributed by atoms with Crippen LogP contribution in [0.4, 0.5) is 8.78 Å². The van der Waals surface area contributed by atoms with Gasteiger partial charge in [0.05, 0.1) is 6.04 Å². The first-order chi connectivity index (χ1) is 11.0. The van der Waals surface area contributed by atoms with Gasteiger partial charge in [-0.2, -0.15) is 0 Å². The van der Waals surface area contributed by atoms with Crippen molar-refractivity contribution in [2.24, 2.45) is 5.92 Å². The first-order valence-corrected chi connectivity index (χ1v) is 8.26. The Labute approximate surface area is 134 Å². The Balaban J connectivity index is 1.71. The Bertz CT molecular complexity index is 558. The van der Waals surface area contributed by atoms with Crippen LogP contribution in [0, 0.1) is 5.92 Å². The van der Waals surface area contributed by atoms with Gasteiger partial charge in [0.15, 0.2) is 0 Å². The van der Waals surface area contributed by atoms with Crippen molar-refractivity contribution in [2.75, 3.05) is 13.7 Å². The number of methoxy groups -OCH3 is 1. The highest BCUT2D eigenvalue weighted by molar-refractivity contribution is 5.79. The van der Waals surface area contributed by atoms with Crippen LogP contribution in [-0.4, -0.2) is 30.4 Å². The largest absolute Gasteiger partial charge is 0.461 e. The number of alkyl halides is 2. The lowest BCUT2D eigenvalue weighted by molar-refractivity contribution is -0.144. The summed E-state index contributed by atoms with van der Waals surface area (Å²) in [4.78, 5) is 14.5. The molecule has 0 spiro atoms. The molecule has 2 aliphatic rings. The van der Waals surface area contributed by atoms with E-state index in [0.29, 0.717) is 31.8 Å². The fourth-order valence-electron chi connectivity index (χ4n) is 3.74. The highest BCUT2D eigenvalue weighted by Gasteiger charge is 2.43. The first-order valence-electron chi connectivity index (χ1n) is 8.26. The smallest absolute Gasteiger partial charge is 0.248 e. The van der Waals surface area contributed by atoms with Crippen molar-refractivity contribution >= 4 is 5.91 Å². The van der Waals surface area contributed by atoms with Gasteiger partial charge in [0.2, 0.25) is 11.8 Å². The lowest BCUT2D eigenvalue weighted by Crippen LogP contribution is -2.40. The molecule has 0 unspecified atom stereocenters. The van der Waals surface area contributed by atoms with Crippen LogP contribution in [0.15, 0.2) is 16.5 Å². The molecular weight excluding hydrogens is 304 g/mol. The minimum atomic E-state index is -2.70. The third kappa shape index (κ3) is 3.57. The molecule has 6 heteroatoms. The average molecular weight is 327 g/mol. The van der Waals surface area contributed by atoms with E-state index in [2.05, 4.69) is 0 Å². The summed E-state index contributed by atoms with van der Waals surface area (Å²) in [6.45, 7) is 1.00. The minimum Gasteiger partial charge on any atom is -0.461 e. The van der Waals surface area contributed by atoms with E-state index in [1.165, 1.54) is 0 Å². The van der Waals surface area contributed by atoms with Gasteiger partial charge >= 0.3 is 0 Å². The number of carbonyl (C=O) groups is 1. The summed E-state index contributed by atoms with van der Waals surface area (Å²) in [7, 11) is 1.59. The Hall–Kier alpha value is -1.43. The van der Waals surface area contributed by atoms with Gasteiger partial charge in [-0.3, -0.25) is 4.79 Å². The van der Waals surface area contributed by atoms with Crippen LogP contribution in [0.2, 0.25) is 0 Å². The van der Waals surface area contributed by atoms with Gasteiger partial charge in [-0.05, 0) is 37.8 Å². The molecule has 1 aliphatic carbocycles. The molecular formula is C17H23F2NO3. The second-order valence-electron chi connectivity index (χ2n) is 6.58. The SMILES string of the molecule is COCc1ccc([C@H]2CCCN2C(=O)[C@H]2CCCC(F)(F)C2)o1. The molecule has 23 heavy (non-hydrogen) atoms. The highest BCUT2D eigenvalue weighted by atomic mass is 19.3. The summed E-state index contributed by atoms with van der Waals surface area (Å²) in [5.41, 5.74) is 0. The van der Waals surface area contributed by atoms with E-state index >= 15 is 0 Å². The number of nitrogens with zero attached hydrogens (tertiary/aromatic N) is 1. The predicted octanol–water partition coefficient (Wildman–Crippen LogP) is 3.92. The first kappa shape index (κ1) is 16.4. The Morgan fingerprint density at radius 3 is 2.96 bits per heavy atom. The summed E-state index contributed by atoms with van der Waals surface area (Å²) in [5, 5.41) is 0. The highest BCUT2D eigenvalue weighted by Crippen LogP contribution is 2.40. The molecule has 4 nitrogen and oxygen atoms in total. The van der Waals surface area contributed by atoms with Crippen molar-refractivity contribution in [1.82, 2.24) is 4.90 Å². The van der Waals surface area contributed by atoms with Gasteiger partial charge in [0, 0.05) is 32.4 Å². The standard InChI is InChI=1S/C17H23F2NO3/c1-22-11-13-6-7-15(23-13)14-5-3-9-20(14)16(21)12-4-2-8-17(18,19)10-12/h6-7,12,14H,2-5,8-11H2,1H3/t12-,14+/m0/s1. The zero-order chi connectivity index (χ0) is 16.4. The number of halogens is 2. The third-order valence-electron chi connectivity index (χ3n) is 4.82. The van der Waals surface area contributed by atoms with Crippen LogP contribution < -0.4 is 0 Å². The summed E-state index contributed by atoms with van der Waals surface area (Å²) in [6.07, 6.45) is 2.25. The fourth-order valence-corrected chi connectivity index (χ4v) is 3.74. The molecule has 1 aliphatic heterocycles. The average Bonchev–Trinajstić information content (AvgIpc) is 3.14. The van der Waals surface area contributed by atoms with Gasteiger partial charge in [-0.15, -0.1) is 0 Å². The molecule has 0 N–H and O–H groups in total. The molecule has 128 valence electrons. The Morgan fingerprint density at radius 1 is 1.39 bits per heavy atom. The normalized spacial score (nSPS) is 27.3. The number of ether oxygens (including phenoxy) is 1. The molecule has 3 rings (SSSR count). The van der Waals surface area contributed by atoms with E-state index in [1.54, 1.807) is 12.0 Å². The third-order valence-corrected chi connectivity index (χ3v) is 4.82. The Morgan fingerprint density at radius 2 is 2.22 bits per heavy atom. The number of furan rings is 1. The van der Waals surface area contributed by atoms with E-state index in [-0.39, 0.29) is 24.8 Å². The number of hydrogen-bond donors (Lipinski definition) is 0. The van der Waals surface area contributed by atoms with Gasteiger partial charge in [-0.25, -0.2) is 8.78 Å². The molecule has 2 fully saturated rings. The summed E-state index contributed by atoms with van der Waals surface area (Å²) >= 11 is 0. The van der Waals surface area contributed by atoms with Crippen molar-refractivity contribution in [3.05, 3.63) is 23.7 Å². The zero-order valence-electron chi connectivity index (χ0n) is 13.4. The van der Waals surface area contributed by atoms with E-state index < -0.39 is 11.8 Å². The number of likely N-dealkylation sites (tertiary alicyclic amines) is 1. The molecule has 0 aromatic carbocycles. The molecule has 0 radical (unpaired) electrons. The van der Waals surface area contributed by atoms with Crippen LogP contribution >= 0.6 is 0 Å².